The Hall–Kier alpha value is -2.28. The van der Waals surface area contributed by atoms with Crippen LogP contribution >= 0.6 is 0 Å². The molecular formula is C41H70O15. The molecule has 11 atom stereocenters. The molecule has 5 unspecified atom stereocenters. The average Bonchev–Trinajstić information content (AvgIpc) is 3.19. The predicted octanol–water partition coefficient (Wildman–Crippen LogP) is 3.03. The molecule has 15 nitrogen and oxygen atoms in total. The summed E-state index contributed by atoms with van der Waals surface area (Å²) in [5.41, 5.74) is 0. The molecule has 7 N–H and O–H groups in total. The zero-order chi connectivity index (χ0) is 41.1. The fraction of sp³-hybridized carbons (Fsp3) is 0.805. The third-order valence-corrected chi connectivity index (χ3v) is 9.62. The highest BCUT2D eigenvalue weighted by molar-refractivity contribution is 5.70. The Kier molecular flexibility index (Phi) is 26.6. The third-order valence-electron chi connectivity index (χ3n) is 9.62. The summed E-state index contributed by atoms with van der Waals surface area (Å²) in [7, 11) is 0. The van der Waals surface area contributed by atoms with Crippen molar-refractivity contribution in [2.24, 2.45) is 0 Å². The summed E-state index contributed by atoms with van der Waals surface area (Å²) in [6.07, 6.45) is 9.77. The van der Waals surface area contributed by atoms with Crippen molar-refractivity contribution in [2.75, 3.05) is 26.4 Å². The summed E-state index contributed by atoms with van der Waals surface area (Å²) in [6, 6.07) is 0. The van der Waals surface area contributed by atoms with Crippen molar-refractivity contribution in [1.29, 1.82) is 0 Å². The Labute approximate surface area is 332 Å². The van der Waals surface area contributed by atoms with E-state index in [0.29, 0.717) is 12.8 Å². The van der Waals surface area contributed by atoms with E-state index in [1.54, 1.807) is 0 Å². The normalized spacial score (nSPS) is 29.0. The molecule has 0 aromatic rings. The number of aliphatic hydroxyl groups excluding tert-OH is 7. The van der Waals surface area contributed by atoms with Crippen LogP contribution in [0, 0.1) is 0 Å². The molecule has 15 heteroatoms. The van der Waals surface area contributed by atoms with Gasteiger partial charge in [-0.2, -0.15) is 0 Å². The van der Waals surface area contributed by atoms with E-state index in [0.717, 1.165) is 38.5 Å². The van der Waals surface area contributed by atoms with Gasteiger partial charge in [0.05, 0.1) is 19.8 Å². The molecule has 0 amide bonds. The van der Waals surface area contributed by atoms with Crippen molar-refractivity contribution in [1.82, 2.24) is 0 Å². The van der Waals surface area contributed by atoms with Crippen LogP contribution in [0.5, 0.6) is 0 Å². The summed E-state index contributed by atoms with van der Waals surface area (Å²) in [4.78, 5) is 25.3. The lowest BCUT2D eigenvalue weighted by molar-refractivity contribution is -0.332. The molecule has 2 aliphatic heterocycles. The van der Waals surface area contributed by atoms with Gasteiger partial charge in [-0.15, -0.1) is 0 Å². The summed E-state index contributed by atoms with van der Waals surface area (Å²) < 4.78 is 33.1. The Morgan fingerprint density at radius 1 is 0.571 bits per heavy atom. The van der Waals surface area contributed by atoms with Crippen LogP contribution in [0.25, 0.3) is 0 Å². The second-order valence-corrected chi connectivity index (χ2v) is 14.5. The van der Waals surface area contributed by atoms with Gasteiger partial charge in [-0.1, -0.05) is 95.2 Å². The van der Waals surface area contributed by atoms with Gasteiger partial charge in [0.2, 0.25) is 0 Å². The molecule has 2 fully saturated rings. The number of esters is 2. The van der Waals surface area contributed by atoms with Crippen LogP contribution in [0.2, 0.25) is 0 Å². The Bertz CT molecular complexity index is 1130. The second kappa shape index (κ2) is 29.9. The van der Waals surface area contributed by atoms with Crippen LogP contribution in [0.3, 0.4) is 0 Å². The van der Waals surface area contributed by atoms with Gasteiger partial charge in [0.1, 0.15) is 55.4 Å². The minimum Gasteiger partial charge on any atom is -0.462 e. The Morgan fingerprint density at radius 2 is 1.07 bits per heavy atom. The highest BCUT2D eigenvalue weighted by atomic mass is 16.7. The molecule has 0 radical (unpaired) electrons. The lowest BCUT2D eigenvalue weighted by atomic mass is 9.98. The first-order chi connectivity index (χ1) is 27.0. The van der Waals surface area contributed by atoms with Crippen LogP contribution in [0.1, 0.15) is 117 Å². The van der Waals surface area contributed by atoms with Crippen molar-refractivity contribution in [3.8, 4) is 0 Å². The van der Waals surface area contributed by atoms with Crippen molar-refractivity contribution >= 4 is 11.9 Å². The lowest BCUT2D eigenvalue weighted by Crippen LogP contribution is -2.61. The molecule has 324 valence electrons. The van der Waals surface area contributed by atoms with Crippen LogP contribution < -0.4 is 0 Å². The first-order valence-corrected chi connectivity index (χ1v) is 20.6. The van der Waals surface area contributed by atoms with Gasteiger partial charge in [0.25, 0.3) is 0 Å². The van der Waals surface area contributed by atoms with Crippen molar-refractivity contribution in [2.45, 2.75) is 184 Å². The van der Waals surface area contributed by atoms with Gasteiger partial charge in [0.15, 0.2) is 18.7 Å². The maximum atomic E-state index is 12.8. The van der Waals surface area contributed by atoms with Gasteiger partial charge >= 0.3 is 11.9 Å². The number of aliphatic hydroxyl groups is 7. The zero-order valence-corrected chi connectivity index (χ0v) is 33.4. The maximum Gasteiger partial charge on any atom is 0.306 e. The number of carbonyl (C=O) groups excluding carboxylic acids is 2. The fourth-order valence-corrected chi connectivity index (χ4v) is 6.11. The smallest absolute Gasteiger partial charge is 0.306 e. The zero-order valence-electron chi connectivity index (χ0n) is 33.4. The molecule has 0 aromatic heterocycles. The molecular weight excluding hydrogens is 732 g/mol. The highest BCUT2D eigenvalue weighted by Crippen LogP contribution is 2.26. The molecule has 0 saturated carbocycles. The molecule has 0 spiro atoms. The number of allylic oxidation sites excluding steroid dienone is 6. The highest BCUT2D eigenvalue weighted by Gasteiger charge is 2.47. The van der Waals surface area contributed by atoms with E-state index in [1.807, 2.05) is 24.3 Å². The van der Waals surface area contributed by atoms with Gasteiger partial charge < -0.3 is 64.2 Å². The van der Waals surface area contributed by atoms with E-state index in [-0.39, 0.29) is 19.4 Å². The monoisotopic (exact) mass is 802 g/mol. The molecule has 0 aliphatic carbocycles. The van der Waals surface area contributed by atoms with Crippen molar-refractivity contribution in [3.05, 3.63) is 36.5 Å². The van der Waals surface area contributed by atoms with Crippen molar-refractivity contribution in [3.63, 3.8) is 0 Å². The van der Waals surface area contributed by atoms with E-state index < -0.39 is 99.3 Å². The quantitative estimate of drug-likeness (QED) is 0.0328. The minimum absolute atomic E-state index is 0.0517. The standard InChI is InChI=1S/C41H70O15/c1-3-5-7-9-11-12-13-14-15-16-18-20-22-24-33(44)54-29(26-51-32(43)23-21-19-17-10-8-6-4-2)27-52-40-39(50)37(48)35(46)31(56-40)28-53-41-38(49)36(47)34(45)30(25-42)55-41/h14-15,17-20,29-31,34-42,45-50H,3-13,16,21-28H2,1-2H3/b15-14+,19-17+,20-18+/t29?,30-,31-,34+,35+,36?,37?,38?,39?,40-,41-/m1/s1. The first-order valence-electron chi connectivity index (χ1n) is 20.6. The van der Waals surface area contributed by atoms with E-state index in [4.69, 9.17) is 28.4 Å². The number of hydrogen-bond donors (Lipinski definition) is 7. The molecule has 56 heavy (non-hydrogen) atoms. The topological polar surface area (TPSA) is 231 Å². The number of rotatable bonds is 29. The van der Waals surface area contributed by atoms with Crippen LogP contribution in [-0.4, -0.2) is 142 Å². The number of unbranched alkanes of at least 4 members (excludes halogenated alkanes) is 9. The second-order valence-electron chi connectivity index (χ2n) is 14.5. The van der Waals surface area contributed by atoms with Crippen LogP contribution in [0.4, 0.5) is 0 Å². The van der Waals surface area contributed by atoms with Gasteiger partial charge in [-0.3, -0.25) is 9.59 Å². The maximum absolute atomic E-state index is 12.8. The number of carbonyl (C=O) groups is 2. The van der Waals surface area contributed by atoms with E-state index >= 15 is 0 Å². The van der Waals surface area contributed by atoms with E-state index in [2.05, 4.69) is 26.0 Å². The SMILES string of the molecule is CCCCC/C=C/CCC(=O)OCC(CO[C@@H]1O[C@H](CO[C@@H]2O[C@H](CO)[C@H](O)C(O)C2O)[C@H](O)C(O)C1O)OC(=O)CC/C=C/C/C=C/CCCCCCCC. The fourth-order valence-electron chi connectivity index (χ4n) is 6.11. The predicted molar refractivity (Wildman–Crippen MR) is 206 cm³/mol. The Balaban J connectivity index is 1.93. The van der Waals surface area contributed by atoms with Gasteiger partial charge in [-0.05, 0) is 44.9 Å². The van der Waals surface area contributed by atoms with Crippen LogP contribution in [0.15, 0.2) is 36.5 Å². The lowest BCUT2D eigenvalue weighted by Gasteiger charge is -2.42. The summed E-state index contributed by atoms with van der Waals surface area (Å²) in [5.74, 6) is -1.08. The summed E-state index contributed by atoms with van der Waals surface area (Å²) in [5, 5.41) is 71.5. The molecule has 2 aliphatic rings. The number of hydrogen-bond acceptors (Lipinski definition) is 15. The largest absolute Gasteiger partial charge is 0.462 e. The molecule has 2 saturated heterocycles. The molecule has 2 heterocycles. The third kappa shape index (κ3) is 19.4. The van der Waals surface area contributed by atoms with E-state index in [1.165, 1.54) is 38.5 Å². The average molecular weight is 803 g/mol. The summed E-state index contributed by atoms with van der Waals surface area (Å²) in [6.45, 7) is 2.35. The number of ether oxygens (including phenoxy) is 6. The minimum atomic E-state index is -1.77. The van der Waals surface area contributed by atoms with Crippen LogP contribution in [-0.2, 0) is 38.0 Å². The van der Waals surface area contributed by atoms with Gasteiger partial charge in [-0.25, -0.2) is 0 Å². The Morgan fingerprint density at radius 3 is 1.73 bits per heavy atom. The molecule has 0 aromatic carbocycles. The molecule has 0 bridgehead atoms. The summed E-state index contributed by atoms with van der Waals surface area (Å²) >= 11 is 0. The molecule has 2 rings (SSSR count). The van der Waals surface area contributed by atoms with E-state index in [9.17, 15) is 45.3 Å². The first kappa shape index (κ1) is 49.9. The van der Waals surface area contributed by atoms with Gasteiger partial charge in [0, 0.05) is 12.8 Å². The van der Waals surface area contributed by atoms with Crippen molar-refractivity contribution < 1.29 is 73.8 Å².